The standard InChI is InChI=1S/C53H79N13O12S/c1-6-31(5)44(55)49(73)63-40(23-34-25-58-29-60-34)51(75)66-21-9-11-42(66)48(72)64-41(28-79-27-33-14-16-36(17-15-33)77-7-2)52(76)78-37-18-12-32(13-19-37)22-35(26-67)61-50(74)45(30(3)4)65-47(71)39(10-8-20-59-53(56)57)62-46(70)38(54)24-43(68)69/h12-19,25,29-31,35,38-42,44-45,67H,6-11,20-24,26-28,54-55H2,1-5H3,(H,58,60)(H,61,74)(H,62,70)(H,63,73)(H,64,72)(H,65,71)(H,68,69)(H4,56,57,59)/t31-,35-,38-,39-,40-,41-,42-,44-,45-/m0/s1. The largest absolute Gasteiger partial charge is 0.494 e. The molecule has 9 atom stereocenters. The van der Waals surface area contributed by atoms with E-state index in [4.69, 9.17) is 37.2 Å². The molecule has 6 amide bonds. The van der Waals surface area contributed by atoms with Gasteiger partial charge >= 0.3 is 11.9 Å². The van der Waals surface area contributed by atoms with Gasteiger partial charge in [-0.15, -0.1) is 0 Å². The number of imidazole rings is 1. The number of esters is 1. The van der Waals surface area contributed by atoms with Crippen molar-refractivity contribution >= 4 is 65.1 Å². The average Bonchev–Trinajstić information content (AvgIpc) is 4.16. The van der Waals surface area contributed by atoms with E-state index in [9.17, 15) is 43.5 Å². The van der Waals surface area contributed by atoms with Gasteiger partial charge in [-0.2, -0.15) is 11.8 Å². The molecule has 0 aliphatic carbocycles. The van der Waals surface area contributed by atoms with E-state index in [0.717, 1.165) is 5.56 Å². The lowest BCUT2D eigenvalue weighted by molar-refractivity contribution is -0.143. The summed E-state index contributed by atoms with van der Waals surface area (Å²) < 4.78 is 11.4. The van der Waals surface area contributed by atoms with Gasteiger partial charge in [-0.05, 0) is 86.3 Å². The minimum Gasteiger partial charge on any atom is -0.494 e. The number of aromatic nitrogens is 2. The van der Waals surface area contributed by atoms with Gasteiger partial charge in [-0.1, -0.05) is 58.4 Å². The van der Waals surface area contributed by atoms with Crippen molar-refractivity contribution in [2.45, 2.75) is 140 Å². The summed E-state index contributed by atoms with van der Waals surface area (Å²) in [6, 6.07) is 5.00. The van der Waals surface area contributed by atoms with Gasteiger partial charge in [0.2, 0.25) is 35.4 Å². The van der Waals surface area contributed by atoms with Crippen LogP contribution in [0.3, 0.4) is 0 Å². The molecule has 4 rings (SSSR count). The van der Waals surface area contributed by atoms with E-state index in [1.165, 1.54) is 35.1 Å². The maximum atomic E-state index is 14.3. The summed E-state index contributed by atoms with van der Waals surface area (Å²) in [6.45, 7) is 9.41. The number of guanidine groups is 1. The third kappa shape index (κ3) is 21.1. The quantitative estimate of drug-likeness (QED) is 0.0125. The van der Waals surface area contributed by atoms with Crippen LogP contribution in [0.4, 0.5) is 0 Å². The van der Waals surface area contributed by atoms with Gasteiger partial charge in [0, 0.05) is 37.2 Å². The Hall–Kier alpha value is -7.29. The van der Waals surface area contributed by atoms with E-state index in [-0.39, 0.29) is 62.2 Å². The first-order valence-electron chi connectivity index (χ1n) is 26.5. The summed E-state index contributed by atoms with van der Waals surface area (Å²) in [5.41, 5.74) is 19.4. The number of carboxylic acid groups (broad SMARTS) is 1. The minimum atomic E-state index is -1.45. The van der Waals surface area contributed by atoms with E-state index >= 15 is 0 Å². The highest BCUT2D eigenvalue weighted by atomic mass is 32.2. The Balaban J connectivity index is 1.46. The number of nitrogens with zero attached hydrogens (tertiary/aromatic N) is 2. The summed E-state index contributed by atoms with van der Waals surface area (Å²) in [5.74, 6) is -5.50. The molecule has 0 spiro atoms. The van der Waals surface area contributed by atoms with E-state index in [1.54, 1.807) is 32.2 Å². The molecule has 2 heterocycles. The van der Waals surface area contributed by atoms with Crippen LogP contribution in [0.2, 0.25) is 0 Å². The van der Waals surface area contributed by atoms with Gasteiger partial charge in [0.25, 0.3) is 0 Å². The van der Waals surface area contributed by atoms with Gasteiger partial charge in [0.05, 0.1) is 49.8 Å². The lowest BCUT2D eigenvalue weighted by atomic mass is 9.98. The van der Waals surface area contributed by atoms with Gasteiger partial charge < -0.3 is 78.7 Å². The lowest BCUT2D eigenvalue weighted by Gasteiger charge is -2.30. The van der Waals surface area contributed by atoms with Crippen LogP contribution >= 0.6 is 11.8 Å². The molecular formula is C53H79N13O12S. The van der Waals surface area contributed by atoms with E-state index in [1.807, 2.05) is 45.0 Å². The summed E-state index contributed by atoms with van der Waals surface area (Å²) in [5, 5.41) is 43.0. The average molecular weight is 1120 g/mol. The predicted molar refractivity (Wildman–Crippen MR) is 295 cm³/mol. The molecule has 1 saturated heterocycles. The number of likely N-dealkylation sites (tertiary alicyclic amines) is 1. The number of carbonyl (C=O) groups is 8. The van der Waals surface area contributed by atoms with Crippen molar-refractivity contribution in [1.82, 2.24) is 46.8 Å². The highest BCUT2D eigenvalue weighted by molar-refractivity contribution is 7.98. The number of rotatable bonds is 33. The number of aromatic amines is 1. The summed E-state index contributed by atoms with van der Waals surface area (Å²) in [7, 11) is 0. The first-order chi connectivity index (χ1) is 37.6. The molecule has 0 radical (unpaired) electrons. The lowest BCUT2D eigenvalue weighted by Crippen LogP contribution is -2.58. The Labute approximate surface area is 464 Å². The number of ether oxygens (including phenoxy) is 2. The maximum absolute atomic E-state index is 14.3. The number of aliphatic carboxylic acids is 1. The number of nitrogens with two attached hydrogens (primary N) is 3. The molecule has 434 valence electrons. The van der Waals surface area contributed by atoms with Crippen molar-refractivity contribution in [3.05, 3.63) is 77.9 Å². The SMILES string of the molecule is CCOc1ccc(CSC[C@H](NC(=O)[C@@H]2CCCN2C(=O)[C@H](Cc2c[nH]cn2)NC(=O)[C@@H](N)[C@@H](C)CC)C(=O)Oc2ccc(C[C@@H](CO)NC(=O)[C@@H](NC(=O)[C@H](CCCNC(=N)N)NC(=O)[C@@H](N)CC(=O)O)C(C)C)cc2)cc1. The second kappa shape index (κ2) is 32.6. The number of H-pyrrole nitrogens is 1. The number of amides is 6. The first-order valence-corrected chi connectivity index (χ1v) is 27.6. The second-order valence-electron chi connectivity index (χ2n) is 19.7. The van der Waals surface area contributed by atoms with Crippen molar-refractivity contribution in [2.24, 2.45) is 29.0 Å². The van der Waals surface area contributed by atoms with Gasteiger partial charge in [0.1, 0.15) is 41.7 Å². The number of aliphatic hydroxyl groups excluding tert-OH is 1. The van der Waals surface area contributed by atoms with Crippen LogP contribution in [0.15, 0.2) is 61.1 Å². The topological polar surface area (TPSA) is 401 Å². The molecule has 0 saturated carbocycles. The van der Waals surface area contributed by atoms with Crippen LogP contribution in [0.1, 0.15) is 90.0 Å². The zero-order valence-electron chi connectivity index (χ0n) is 45.5. The van der Waals surface area contributed by atoms with Crippen molar-refractivity contribution < 1.29 is 58.0 Å². The van der Waals surface area contributed by atoms with Crippen molar-refractivity contribution in [1.29, 1.82) is 5.41 Å². The summed E-state index contributed by atoms with van der Waals surface area (Å²) in [6.07, 6.45) is 4.22. The molecular weight excluding hydrogens is 1040 g/mol. The van der Waals surface area contributed by atoms with Crippen LogP contribution in [-0.4, -0.2) is 159 Å². The third-order valence-corrected chi connectivity index (χ3v) is 14.3. The van der Waals surface area contributed by atoms with Gasteiger partial charge in [-0.25, -0.2) is 9.78 Å². The smallest absolute Gasteiger partial charge is 0.334 e. The van der Waals surface area contributed by atoms with Crippen molar-refractivity contribution in [3.8, 4) is 11.5 Å². The fraction of sp³-hybridized carbons (Fsp3) is 0.547. The van der Waals surface area contributed by atoms with Crippen LogP contribution in [0.5, 0.6) is 11.5 Å². The molecule has 1 aromatic heterocycles. The van der Waals surface area contributed by atoms with Gasteiger partial charge in [-0.3, -0.25) is 39.0 Å². The number of carbonyl (C=O) groups excluding carboxylic acids is 7. The second-order valence-corrected chi connectivity index (χ2v) is 20.7. The molecule has 1 aliphatic heterocycles. The Morgan fingerprint density at radius 3 is 2.13 bits per heavy atom. The Bertz CT molecular complexity index is 2490. The van der Waals surface area contributed by atoms with E-state index < -0.39 is 115 Å². The van der Waals surface area contributed by atoms with Crippen LogP contribution in [0, 0.1) is 17.2 Å². The van der Waals surface area contributed by atoms with E-state index in [2.05, 4.69) is 41.9 Å². The Morgan fingerprint density at radius 2 is 1.52 bits per heavy atom. The number of nitrogens with one attached hydrogen (secondary N) is 8. The number of thioether (sulfide) groups is 1. The molecule has 3 aromatic rings. The normalized spacial score (nSPS) is 16.2. The third-order valence-electron chi connectivity index (χ3n) is 13.2. The fourth-order valence-corrected chi connectivity index (χ4v) is 9.44. The maximum Gasteiger partial charge on any atom is 0.334 e. The first kappa shape index (κ1) is 64.2. The zero-order chi connectivity index (χ0) is 58.2. The van der Waals surface area contributed by atoms with Crippen LogP contribution in [0.25, 0.3) is 0 Å². The Morgan fingerprint density at radius 1 is 0.848 bits per heavy atom. The highest BCUT2D eigenvalue weighted by Gasteiger charge is 2.40. The monoisotopic (exact) mass is 1120 g/mol. The van der Waals surface area contributed by atoms with Crippen molar-refractivity contribution in [3.63, 3.8) is 0 Å². The molecule has 16 N–H and O–H groups in total. The fourth-order valence-electron chi connectivity index (χ4n) is 8.44. The molecule has 0 bridgehead atoms. The summed E-state index contributed by atoms with van der Waals surface area (Å²) >= 11 is 1.38. The number of hydrogen-bond donors (Lipinski definition) is 13. The molecule has 0 unspecified atom stereocenters. The molecule has 1 fully saturated rings. The number of benzene rings is 2. The number of carboxylic acids is 1. The summed E-state index contributed by atoms with van der Waals surface area (Å²) in [4.78, 5) is 116. The molecule has 79 heavy (non-hydrogen) atoms. The minimum absolute atomic E-state index is 0.0158. The molecule has 1 aliphatic rings. The molecule has 2 aromatic carbocycles. The Kier molecular flexibility index (Phi) is 26.5. The zero-order valence-corrected chi connectivity index (χ0v) is 46.3. The number of aliphatic hydroxyl groups is 1. The highest BCUT2D eigenvalue weighted by Crippen LogP contribution is 2.23. The van der Waals surface area contributed by atoms with Crippen LogP contribution in [-0.2, 0) is 57.0 Å². The number of hydrogen-bond acceptors (Lipinski definition) is 16. The van der Waals surface area contributed by atoms with Crippen molar-refractivity contribution in [2.75, 3.05) is 32.1 Å². The van der Waals surface area contributed by atoms with Gasteiger partial charge in [0.15, 0.2) is 5.96 Å². The molecule has 25 nitrogen and oxygen atoms in total. The molecule has 26 heteroatoms. The van der Waals surface area contributed by atoms with Crippen LogP contribution < -0.4 is 58.6 Å². The predicted octanol–water partition coefficient (Wildman–Crippen LogP) is -0.0656. The van der Waals surface area contributed by atoms with E-state index in [0.29, 0.717) is 48.6 Å².